The fourth-order valence-corrected chi connectivity index (χ4v) is 2.61. The molecule has 2 heterocycles. The second-order valence-corrected chi connectivity index (χ2v) is 5.09. The maximum Gasteiger partial charge on any atom is 0.407 e. The first-order chi connectivity index (χ1) is 10.1. The van der Waals surface area contributed by atoms with Gasteiger partial charge < -0.3 is 10.0 Å². The lowest BCUT2D eigenvalue weighted by Crippen LogP contribution is -2.40. The number of hydrogen-bond acceptors (Lipinski definition) is 3. The Bertz CT molecular complexity index is 684. The third kappa shape index (κ3) is 2.67. The van der Waals surface area contributed by atoms with Gasteiger partial charge in [0.25, 0.3) is 0 Å². The molecule has 0 spiro atoms. The van der Waals surface area contributed by atoms with E-state index in [-0.39, 0.29) is 11.7 Å². The van der Waals surface area contributed by atoms with E-state index in [1.807, 2.05) is 30.3 Å². The summed E-state index contributed by atoms with van der Waals surface area (Å²) in [5.74, 6) is 0.543. The molecule has 7 nitrogen and oxygen atoms in total. The highest BCUT2D eigenvalue weighted by molar-refractivity contribution is 5.65. The van der Waals surface area contributed by atoms with Gasteiger partial charge in [-0.2, -0.15) is 0 Å². The maximum atomic E-state index is 12.0. The van der Waals surface area contributed by atoms with Gasteiger partial charge in [0.1, 0.15) is 0 Å². The van der Waals surface area contributed by atoms with Gasteiger partial charge in [-0.15, -0.1) is 5.10 Å². The van der Waals surface area contributed by atoms with E-state index in [9.17, 15) is 9.59 Å². The minimum Gasteiger partial charge on any atom is -0.465 e. The molecule has 1 aromatic heterocycles. The predicted octanol–water partition coefficient (Wildman–Crippen LogP) is 1.55. The fraction of sp³-hybridized carbons (Fsp3) is 0.357. The number of carbonyl (C=O) groups is 1. The Morgan fingerprint density at radius 2 is 1.90 bits per heavy atom. The van der Waals surface area contributed by atoms with Gasteiger partial charge in [0.05, 0.1) is 6.04 Å². The van der Waals surface area contributed by atoms with Crippen LogP contribution in [-0.4, -0.2) is 44.0 Å². The summed E-state index contributed by atoms with van der Waals surface area (Å²) in [5.41, 5.74) is 0.610. The molecule has 0 bridgehead atoms. The molecule has 1 aromatic carbocycles. The van der Waals surface area contributed by atoms with Crippen LogP contribution in [0.15, 0.2) is 35.1 Å². The summed E-state index contributed by atoms with van der Waals surface area (Å²) in [6.45, 7) is 0.861. The molecule has 1 fully saturated rings. The molecule has 1 amide bonds. The van der Waals surface area contributed by atoms with Gasteiger partial charge in [-0.05, 0) is 12.8 Å². The zero-order valence-electron chi connectivity index (χ0n) is 11.4. The van der Waals surface area contributed by atoms with Crippen molar-refractivity contribution in [3.8, 4) is 11.4 Å². The molecule has 0 unspecified atom stereocenters. The van der Waals surface area contributed by atoms with Gasteiger partial charge >= 0.3 is 11.8 Å². The van der Waals surface area contributed by atoms with E-state index in [4.69, 9.17) is 5.11 Å². The first-order valence-electron chi connectivity index (χ1n) is 6.87. The summed E-state index contributed by atoms with van der Waals surface area (Å²) in [6, 6.07) is 9.39. The van der Waals surface area contributed by atoms with Crippen LogP contribution in [-0.2, 0) is 0 Å². The fourth-order valence-electron chi connectivity index (χ4n) is 2.61. The lowest BCUT2D eigenvalue weighted by Gasteiger charge is -2.29. The van der Waals surface area contributed by atoms with E-state index >= 15 is 0 Å². The maximum absolute atomic E-state index is 12.0. The molecule has 1 saturated heterocycles. The van der Waals surface area contributed by atoms with Crippen molar-refractivity contribution in [2.45, 2.75) is 18.9 Å². The van der Waals surface area contributed by atoms with Crippen LogP contribution >= 0.6 is 0 Å². The summed E-state index contributed by atoms with van der Waals surface area (Å²) < 4.78 is 1.45. The molecule has 1 aliphatic rings. The highest BCUT2D eigenvalue weighted by atomic mass is 16.4. The first-order valence-corrected chi connectivity index (χ1v) is 6.87. The molecule has 0 atom stereocenters. The molecular weight excluding hydrogens is 272 g/mol. The number of carboxylic acid groups (broad SMARTS) is 1. The van der Waals surface area contributed by atoms with Crippen LogP contribution in [0.5, 0.6) is 0 Å². The summed E-state index contributed by atoms with van der Waals surface area (Å²) in [7, 11) is 0. The molecule has 0 aliphatic carbocycles. The Morgan fingerprint density at radius 3 is 2.52 bits per heavy atom. The number of H-pyrrole nitrogens is 1. The highest BCUT2D eigenvalue weighted by Gasteiger charge is 2.25. The van der Waals surface area contributed by atoms with Crippen LogP contribution in [0.2, 0.25) is 0 Å². The number of aromatic nitrogens is 3. The lowest BCUT2D eigenvalue weighted by atomic mass is 10.1. The van der Waals surface area contributed by atoms with Crippen LogP contribution in [0.3, 0.4) is 0 Å². The minimum atomic E-state index is -0.909. The summed E-state index contributed by atoms with van der Waals surface area (Å²) in [5, 5.41) is 13.3. The number of nitrogens with one attached hydrogen (secondary N) is 1. The van der Waals surface area contributed by atoms with Gasteiger partial charge in [0.2, 0.25) is 0 Å². The van der Waals surface area contributed by atoms with Crippen molar-refractivity contribution in [2.24, 2.45) is 0 Å². The number of nitrogens with zero attached hydrogens (tertiary/aromatic N) is 3. The van der Waals surface area contributed by atoms with E-state index < -0.39 is 6.09 Å². The number of hydrogen-bond donors (Lipinski definition) is 2. The SMILES string of the molecule is O=C(O)N1CCC(n2nc(-c3ccccc3)[nH]c2=O)CC1. The number of rotatable bonds is 2. The average molecular weight is 288 g/mol. The Hall–Kier alpha value is -2.57. The normalized spacial score (nSPS) is 16.1. The molecule has 2 N–H and O–H groups in total. The predicted molar refractivity (Wildman–Crippen MR) is 76.2 cm³/mol. The van der Waals surface area contributed by atoms with E-state index in [1.54, 1.807) is 0 Å². The van der Waals surface area contributed by atoms with Crippen molar-refractivity contribution in [3.63, 3.8) is 0 Å². The van der Waals surface area contributed by atoms with E-state index in [1.165, 1.54) is 9.58 Å². The third-order valence-electron chi connectivity index (χ3n) is 3.77. The Morgan fingerprint density at radius 1 is 1.24 bits per heavy atom. The number of likely N-dealkylation sites (tertiary alicyclic amines) is 1. The van der Waals surface area contributed by atoms with Crippen molar-refractivity contribution in [3.05, 3.63) is 40.8 Å². The van der Waals surface area contributed by atoms with Crippen LogP contribution in [0.25, 0.3) is 11.4 Å². The minimum absolute atomic E-state index is 0.0539. The van der Waals surface area contributed by atoms with Gasteiger partial charge in [0, 0.05) is 18.7 Å². The molecule has 110 valence electrons. The average Bonchev–Trinajstić information content (AvgIpc) is 2.90. The van der Waals surface area contributed by atoms with Gasteiger partial charge in [-0.25, -0.2) is 14.3 Å². The van der Waals surface area contributed by atoms with E-state index in [2.05, 4.69) is 10.1 Å². The van der Waals surface area contributed by atoms with E-state index in [0.29, 0.717) is 31.8 Å². The zero-order chi connectivity index (χ0) is 14.8. The first kappa shape index (κ1) is 13.4. The number of aromatic amines is 1. The molecule has 3 rings (SSSR count). The smallest absolute Gasteiger partial charge is 0.407 e. The number of benzene rings is 1. The van der Waals surface area contributed by atoms with Crippen LogP contribution in [0.4, 0.5) is 4.79 Å². The number of amides is 1. The zero-order valence-corrected chi connectivity index (χ0v) is 11.4. The topological polar surface area (TPSA) is 91.2 Å². The van der Waals surface area contributed by atoms with Crippen molar-refractivity contribution >= 4 is 6.09 Å². The third-order valence-corrected chi connectivity index (χ3v) is 3.77. The molecule has 7 heteroatoms. The van der Waals surface area contributed by atoms with Crippen LogP contribution in [0, 0.1) is 0 Å². The Balaban J connectivity index is 1.80. The van der Waals surface area contributed by atoms with Crippen molar-refractivity contribution in [1.82, 2.24) is 19.7 Å². The van der Waals surface area contributed by atoms with E-state index in [0.717, 1.165) is 5.56 Å². The summed E-state index contributed by atoms with van der Waals surface area (Å²) in [4.78, 5) is 27.1. The highest BCUT2D eigenvalue weighted by Crippen LogP contribution is 2.21. The second kappa shape index (κ2) is 5.43. The van der Waals surface area contributed by atoms with Gasteiger partial charge in [0.15, 0.2) is 5.82 Å². The largest absolute Gasteiger partial charge is 0.465 e. The Kier molecular flexibility index (Phi) is 3.47. The summed E-state index contributed by atoms with van der Waals surface area (Å²) >= 11 is 0. The van der Waals surface area contributed by atoms with Gasteiger partial charge in [-0.1, -0.05) is 30.3 Å². The quantitative estimate of drug-likeness (QED) is 0.877. The second-order valence-electron chi connectivity index (χ2n) is 5.09. The lowest BCUT2D eigenvalue weighted by molar-refractivity contribution is 0.123. The molecule has 2 aromatic rings. The Labute approximate surface area is 120 Å². The molecule has 21 heavy (non-hydrogen) atoms. The van der Waals surface area contributed by atoms with Crippen LogP contribution < -0.4 is 5.69 Å². The standard InChI is InChI=1S/C14H16N4O3/c19-13-15-12(10-4-2-1-3-5-10)16-18(13)11-6-8-17(9-7-11)14(20)21/h1-5,11H,6-9H2,(H,20,21)(H,15,16,19). The van der Waals surface area contributed by atoms with Crippen molar-refractivity contribution < 1.29 is 9.90 Å². The molecular formula is C14H16N4O3. The van der Waals surface area contributed by atoms with Crippen molar-refractivity contribution in [1.29, 1.82) is 0 Å². The molecule has 0 radical (unpaired) electrons. The molecule has 1 aliphatic heterocycles. The molecule has 0 saturated carbocycles. The van der Waals surface area contributed by atoms with Gasteiger partial charge in [-0.3, -0.25) is 4.98 Å². The number of piperidine rings is 1. The van der Waals surface area contributed by atoms with Crippen molar-refractivity contribution in [2.75, 3.05) is 13.1 Å². The monoisotopic (exact) mass is 288 g/mol. The summed E-state index contributed by atoms with van der Waals surface area (Å²) in [6.07, 6.45) is 0.295. The van der Waals surface area contributed by atoms with Crippen LogP contribution in [0.1, 0.15) is 18.9 Å².